The van der Waals surface area contributed by atoms with Crippen LogP contribution in [-0.2, 0) is 50.6 Å². The van der Waals surface area contributed by atoms with Crippen molar-refractivity contribution in [1.29, 1.82) is 0 Å². The fourth-order valence-corrected chi connectivity index (χ4v) is 12.3. The molecule has 88 heavy (non-hydrogen) atoms. The molecule has 10 rings (SSSR count). The first-order valence-electron chi connectivity index (χ1n) is 24.0. The van der Waals surface area contributed by atoms with Gasteiger partial charge in [0, 0.05) is 33.8 Å². The Bertz CT molecular complexity index is 5240. The number of carbonyl (C=O) groups is 4. The molecule has 0 saturated heterocycles. The number of carboxylic acid groups (broad SMARTS) is 2. The normalized spacial score (nSPS) is 12.5. The van der Waals surface area contributed by atoms with E-state index in [0.29, 0.717) is 6.07 Å². The number of nitrogens with one attached hydrogen (secondary N) is 4. The molecule has 0 unspecified atom stereocenters. The van der Waals surface area contributed by atoms with Crippen LogP contribution in [-0.4, -0.2) is 124 Å². The number of rotatable bonds is 18. The van der Waals surface area contributed by atoms with Crippen LogP contribution in [0.2, 0.25) is 0 Å². The average Bonchev–Trinajstić information content (AvgIpc) is 0.723. The first-order chi connectivity index (χ1) is 41.0. The maximum absolute atomic E-state index is 15.2. The van der Waals surface area contributed by atoms with E-state index >= 15 is 4.79 Å². The van der Waals surface area contributed by atoms with Gasteiger partial charge in [-0.25, -0.2) is 9.59 Å². The van der Waals surface area contributed by atoms with E-state index in [1.165, 1.54) is 30.3 Å². The topological polar surface area (TPSA) is 518 Å². The summed E-state index contributed by atoms with van der Waals surface area (Å²) in [6.45, 7) is 0. The van der Waals surface area contributed by atoms with E-state index in [2.05, 4.69) is 35.9 Å². The molecular formula is C52H33N7O24S5. The summed E-state index contributed by atoms with van der Waals surface area (Å²) in [5.74, 6) is -8.51. The maximum Gasteiger partial charge on any atom is 0.335 e. The Morgan fingerprint density at radius 1 is 0.477 bits per heavy atom. The number of aromatic nitrogens is 4. The van der Waals surface area contributed by atoms with E-state index in [0.717, 1.165) is 84.9 Å². The SMILES string of the molecule is O=C(O)c1cc(Nc2nc(O)nc(Nc3cc(Nc4cc(Oc5ccc(-c6ccc(S(=O)(=O)O)cc6)cc5S(=O)(=O)O)c5[nH]c(=O)c(C(=O)c6cccc(S(=O)(=O)O)c6)c6c5c4C(=O)c4ccccc4-6)c(S(=O)(=O)O)cc3S(=O)(=O)O)n2)cc(C(=O)O)c1. The third kappa shape index (κ3) is 12.0. The predicted molar refractivity (Wildman–Crippen MR) is 302 cm³/mol. The molecule has 0 atom stereocenters. The zero-order valence-electron chi connectivity index (χ0n) is 43.1. The van der Waals surface area contributed by atoms with Crippen LogP contribution in [0.3, 0.4) is 0 Å². The number of nitrogens with zero attached hydrogens (tertiary/aromatic N) is 3. The number of fused-ring (bicyclic) bond motifs is 2. The van der Waals surface area contributed by atoms with Crippen LogP contribution in [0.15, 0.2) is 157 Å². The monoisotopic (exact) mass is 1300 g/mol. The van der Waals surface area contributed by atoms with Crippen molar-refractivity contribution >= 4 is 120 Å². The van der Waals surface area contributed by atoms with Gasteiger partial charge in [0.1, 0.15) is 20.4 Å². The smallest absolute Gasteiger partial charge is 0.335 e. The summed E-state index contributed by atoms with van der Waals surface area (Å²) < 4.78 is 185. The molecule has 0 bridgehead atoms. The fraction of sp³-hybridized carbons (Fsp3) is 0. The summed E-state index contributed by atoms with van der Waals surface area (Å²) in [7, 11) is -26.5. The number of pyridine rings is 1. The van der Waals surface area contributed by atoms with Crippen LogP contribution >= 0.6 is 0 Å². The number of anilines is 6. The molecule has 0 saturated carbocycles. The van der Waals surface area contributed by atoms with Gasteiger partial charge in [-0.1, -0.05) is 54.6 Å². The summed E-state index contributed by atoms with van der Waals surface area (Å²) in [6.07, 6.45) is 0. The lowest BCUT2D eigenvalue weighted by Gasteiger charge is -2.26. The second-order valence-corrected chi connectivity index (χ2v) is 25.6. The average molecular weight is 1300 g/mol. The Morgan fingerprint density at radius 3 is 1.62 bits per heavy atom. The minimum absolute atomic E-state index is 0.0341. The van der Waals surface area contributed by atoms with Gasteiger partial charge in [0.25, 0.3) is 56.1 Å². The molecule has 0 radical (unpaired) electrons. The molecule has 1 aliphatic carbocycles. The zero-order valence-corrected chi connectivity index (χ0v) is 47.2. The highest BCUT2D eigenvalue weighted by Crippen LogP contribution is 2.49. The van der Waals surface area contributed by atoms with Gasteiger partial charge in [0.2, 0.25) is 11.9 Å². The molecule has 450 valence electrons. The Balaban J connectivity index is 1.22. The molecular weight excluding hydrogens is 1270 g/mol. The number of ketones is 2. The number of aromatic carboxylic acids is 2. The standard InChI is InChI=1S/C52H33N7O24S5/c60-45(24-4-3-5-29(17-24)85(71,72)73)43-40-30-6-1-2-7-31(30)46(61)41-34(20-36(44(42(40)41)56-47(43)62)83-35-13-10-23(18-39(35)88(80,81)82)22-8-11-28(12-9-22)84(68,69)70)54-32-19-33(38(87(77,78)79)21-37(32)86(74,75)76)55-51-57-50(58-52(67)59-51)53-27-15-25(48(63)64)14-26(16-27)49(65)66/h1-21,54H,(H,56,62)(H,63,64)(H,65,66)(H,68,69,70)(H,71,72,73)(H,74,75,76)(H,77,78,79)(H,80,81,82)(H3,53,55,57,58,59,67). The van der Waals surface area contributed by atoms with Crippen LogP contribution in [0.25, 0.3) is 33.2 Å². The van der Waals surface area contributed by atoms with Gasteiger partial charge in [-0.2, -0.15) is 57.0 Å². The van der Waals surface area contributed by atoms with Gasteiger partial charge in [-0.05, 0) is 83.4 Å². The van der Waals surface area contributed by atoms with Crippen molar-refractivity contribution in [3.05, 3.63) is 171 Å². The Labute approximate surface area is 492 Å². The second-order valence-electron chi connectivity index (χ2n) is 18.6. The summed E-state index contributed by atoms with van der Waals surface area (Å²) in [6, 6.07) is 19.2. The number of carboxylic acids is 2. The molecule has 0 amide bonds. The van der Waals surface area contributed by atoms with E-state index in [9.17, 15) is 99.4 Å². The van der Waals surface area contributed by atoms with Gasteiger partial charge < -0.3 is 41.0 Å². The second kappa shape index (κ2) is 21.8. The quantitative estimate of drug-likeness (QED) is 0.0337. The molecule has 0 fully saturated rings. The number of ether oxygens (including phenoxy) is 1. The third-order valence-electron chi connectivity index (χ3n) is 12.9. The number of H-pyrrole nitrogens is 1. The van der Waals surface area contributed by atoms with Gasteiger partial charge >= 0.3 is 17.9 Å². The van der Waals surface area contributed by atoms with Crippen molar-refractivity contribution in [2.24, 2.45) is 0 Å². The summed E-state index contributed by atoms with van der Waals surface area (Å²) in [5, 5.41) is 36.6. The Kier molecular flexibility index (Phi) is 15.1. The van der Waals surface area contributed by atoms with Gasteiger partial charge in [0.15, 0.2) is 17.3 Å². The van der Waals surface area contributed by atoms with Crippen LogP contribution in [0.4, 0.5) is 34.6 Å². The van der Waals surface area contributed by atoms with E-state index in [1.54, 1.807) is 0 Å². The van der Waals surface area contributed by atoms with Crippen LogP contribution in [0, 0.1) is 0 Å². The summed E-state index contributed by atoms with van der Waals surface area (Å²) in [5.41, 5.74) is -8.67. The van der Waals surface area contributed by atoms with Crippen molar-refractivity contribution in [2.75, 3.05) is 16.0 Å². The molecule has 0 aliphatic heterocycles. The number of hydrogen-bond acceptors (Lipinski definition) is 23. The van der Waals surface area contributed by atoms with Crippen LogP contribution in [0.1, 0.15) is 52.6 Å². The van der Waals surface area contributed by atoms with Crippen molar-refractivity contribution in [2.45, 2.75) is 24.5 Å². The highest BCUT2D eigenvalue weighted by atomic mass is 32.2. The van der Waals surface area contributed by atoms with E-state index in [1.807, 2.05) is 0 Å². The number of carbonyl (C=O) groups excluding carboxylic acids is 2. The first-order valence-corrected chi connectivity index (χ1v) is 31.2. The largest absolute Gasteiger partial charge is 0.479 e. The molecule has 7 aromatic carbocycles. The lowest BCUT2D eigenvalue weighted by molar-refractivity contribution is 0.0696. The van der Waals surface area contributed by atoms with E-state index in [4.69, 9.17) is 4.74 Å². The Hall–Kier alpha value is -10.4. The molecule has 9 aromatic rings. The number of aromatic hydroxyl groups is 1. The number of hydrogen-bond donors (Lipinski definition) is 12. The van der Waals surface area contributed by atoms with E-state index in [-0.39, 0.29) is 34.0 Å². The minimum Gasteiger partial charge on any atom is -0.479 e. The summed E-state index contributed by atoms with van der Waals surface area (Å²) in [4.78, 5) is 76.6. The lowest BCUT2D eigenvalue weighted by Crippen LogP contribution is -2.24. The number of benzene rings is 7. The molecule has 12 N–H and O–H groups in total. The van der Waals surface area contributed by atoms with Crippen LogP contribution in [0.5, 0.6) is 17.5 Å². The number of aromatic amines is 1. The molecule has 2 aromatic heterocycles. The zero-order chi connectivity index (χ0) is 63.9. The summed E-state index contributed by atoms with van der Waals surface area (Å²) >= 11 is 0. The van der Waals surface area contributed by atoms with Crippen molar-refractivity contribution in [1.82, 2.24) is 19.9 Å². The molecule has 1 aliphatic rings. The third-order valence-corrected chi connectivity index (χ3v) is 17.3. The molecule has 36 heteroatoms. The highest BCUT2D eigenvalue weighted by Gasteiger charge is 2.37. The first kappa shape index (κ1) is 60.7. The predicted octanol–water partition coefficient (Wildman–Crippen LogP) is 6.18. The van der Waals surface area contributed by atoms with E-state index < -0.39 is 195 Å². The van der Waals surface area contributed by atoms with Crippen molar-refractivity contribution < 1.29 is 104 Å². The fourth-order valence-electron chi connectivity index (χ4n) is 9.24. The molecule has 31 nitrogen and oxygen atoms in total. The molecule has 0 spiro atoms. The highest BCUT2D eigenvalue weighted by molar-refractivity contribution is 7.87. The van der Waals surface area contributed by atoms with Gasteiger partial charge in [0.05, 0.1) is 54.6 Å². The van der Waals surface area contributed by atoms with Gasteiger partial charge in [-0.15, -0.1) is 0 Å². The lowest BCUT2D eigenvalue weighted by atomic mass is 9.80. The minimum atomic E-state index is -5.74. The van der Waals surface area contributed by atoms with Crippen molar-refractivity contribution in [3.8, 4) is 39.8 Å². The van der Waals surface area contributed by atoms with Crippen molar-refractivity contribution in [3.63, 3.8) is 0 Å². The van der Waals surface area contributed by atoms with Gasteiger partial charge in [-0.3, -0.25) is 37.1 Å². The van der Waals surface area contributed by atoms with Crippen LogP contribution < -0.4 is 26.2 Å². The Morgan fingerprint density at radius 2 is 1.05 bits per heavy atom. The maximum atomic E-state index is 15.2. The molecule has 2 heterocycles.